The molecule has 0 spiro atoms. The van der Waals surface area contributed by atoms with Gasteiger partial charge in [0, 0.05) is 17.7 Å². The van der Waals surface area contributed by atoms with Gasteiger partial charge in [0.25, 0.3) is 0 Å². The van der Waals surface area contributed by atoms with Crippen molar-refractivity contribution in [1.29, 1.82) is 0 Å². The van der Waals surface area contributed by atoms with Crippen LogP contribution < -0.4 is 14.8 Å². The summed E-state index contributed by atoms with van der Waals surface area (Å²) < 4.78 is 10.6. The first-order valence-electron chi connectivity index (χ1n) is 5.86. The number of ether oxygens (including phenoxy) is 2. The molecule has 0 aromatic heterocycles. The molecule has 0 bridgehead atoms. The van der Waals surface area contributed by atoms with Crippen LogP contribution in [0.5, 0.6) is 11.5 Å². The average Bonchev–Trinajstić information content (AvgIpc) is 3.15. The Hall–Kier alpha value is -1.71. The fourth-order valence-corrected chi connectivity index (χ4v) is 1.61. The number of carbonyl (C=O) groups excluding carboxylic acids is 1. The molecule has 1 aliphatic carbocycles. The summed E-state index contributed by atoms with van der Waals surface area (Å²) in [6.45, 7) is 2.51. The Morgan fingerprint density at radius 1 is 1.41 bits per heavy atom. The zero-order chi connectivity index (χ0) is 12.3. The van der Waals surface area contributed by atoms with E-state index in [9.17, 15) is 4.79 Å². The second-order valence-electron chi connectivity index (χ2n) is 4.06. The number of anilines is 1. The number of rotatable bonds is 5. The van der Waals surface area contributed by atoms with Crippen LogP contribution in [-0.2, 0) is 4.79 Å². The lowest BCUT2D eigenvalue weighted by molar-refractivity contribution is -0.117. The minimum Gasteiger partial charge on any atom is -0.493 e. The van der Waals surface area contributed by atoms with E-state index in [4.69, 9.17) is 9.47 Å². The predicted molar refractivity (Wildman–Crippen MR) is 65.5 cm³/mol. The van der Waals surface area contributed by atoms with E-state index in [2.05, 4.69) is 5.32 Å². The molecule has 17 heavy (non-hydrogen) atoms. The Morgan fingerprint density at radius 2 is 2.18 bits per heavy atom. The van der Waals surface area contributed by atoms with Crippen molar-refractivity contribution >= 4 is 11.6 Å². The van der Waals surface area contributed by atoms with Gasteiger partial charge in [-0.05, 0) is 31.9 Å². The van der Waals surface area contributed by atoms with E-state index in [0.717, 1.165) is 18.5 Å². The van der Waals surface area contributed by atoms with Crippen molar-refractivity contribution < 1.29 is 14.3 Å². The molecule has 1 fully saturated rings. The highest BCUT2D eigenvalue weighted by molar-refractivity contribution is 5.94. The number of benzene rings is 1. The van der Waals surface area contributed by atoms with Gasteiger partial charge in [0.05, 0.1) is 13.7 Å². The minimum atomic E-state index is 0.0937. The van der Waals surface area contributed by atoms with Crippen LogP contribution >= 0.6 is 0 Å². The van der Waals surface area contributed by atoms with Crippen LogP contribution in [-0.4, -0.2) is 19.6 Å². The fraction of sp³-hybridized carbons (Fsp3) is 0.462. The largest absolute Gasteiger partial charge is 0.493 e. The maximum Gasteiger partial charge on any atom is 0.227 e. The van der Waals surface area contributed by atoms with E-state index in [-0.39, 0.29) is 11.8 Å². The van der Waals surface area contributed by atoms with Gasteiger partial charge in [-0.15, -0.1) is 0 Å². The van der Waals surface area contributed by atoms with Gasteiger partial charge >= 0.3 is 0 Å². The van der Waals surface area contributed by atoms with Crippen LogP contribution in [0.2, 0.25) is 0 Å². The molecule has 92 valence electrons. The van der Waals surface area contributed by atoms with E-state index in [1.807, 2.05) is 19.1 Å². The second-order valence-corrected chi connectivity index (χ2v) is 4.06. The van der Waals surface area contributed by atoms with Gasteiger partial charge in [-0.25, -0.2) is 0 Å². The Labute approximate surface area is 101 Å². The zero-order valence-electron chi connectivity index (χ0n) is 10.2. The summed E-state index contributed by atoms with van der Waals surface area (Å²) in [6, 6.07) is 5.42. The van der Waals surface area contributed by atoms with Crippen molar-refractivity contribution in [2.45, 2.75) is 19.8 Å². The molecule has 0 unspecified atom stereocenters. The predicted octanol–water partition coefficient (Wildman–Crippen LogP) is 2.44. The van der Waals surface area contributed by atoms with Crippen molar-refractivity contribution in [2.24, 2.45) is 5.92 Å². The molecule has 1 N–H and O–H groups in total. The first-order chi connectivity index (χ1) is 8.24. The van der Waals surface area contributed by atoms with Gasteiger partial charge in [-0.1, -0.05) is 0 Å². The highest BCUT2D eigenvalue weighted by Crippen LogP contribution is 2.33. The molecule has 0 heterocycles. The Morgan fingerprint density at radius 3 is 2.76 bits per heavy atom. The van der Waals surface area contributed by atoms with E-state index in [1.54, 1.807) is 13.2 Å². The summed E-state index contributed by atoms with van der Waals surface area (Å²) in [4.78, 5) is 11.6. The van der Waals surface area contributed by atoms with E-state index < -0.39 is 0 Å². The van der Waals surface area contributed by atoms with Crippen molar-refractivity contribution in [2.75, 3.05) is 19.0 Å². The van der Waals surface area contributed by atoms with Crippen LogP contribution in [0.1, 0.15) is 19.8 Å². The first-order valence-corrected chi connectivity index (χ1v) is 5.86. The van der Waals surface area contributed by atoms with Crippen LogP contribution in [0.3, 0.4) is 0 Å². The number of amides is 1. The first kappa shape index (κ1) is 11.8. The van der Waals surface area contributed by atoms with Crippen LogP contribution in [0.25, 0.3) is 0 Å². The number of carbonyl (C=O) groups is 1. The monoisotopic (exact) mass is 235 g/mol. The van der Waals surface area contributed by atoms with Gasteiger partial charge in [-0.2, -0.15) is 0 Å². The quantitative estimate of drug-likeness (QED) is 0.852. The van der Waals surface area contributed by atoms with Gasteiger partial charge < -0.3 is 14.8 Å². The smallest absolute Gasteiger partial charge is 0.227 e. The maximum atomic E-state index is 11.6. The molecule has 0 radical (unpaired) electrons. The fourth-order valence-electron chi connectivity index (χ4n) is 1.61. The van der Waals surface area contributed by atoms with E-state index >= 15 is 0 Å². The number of hydrogen-bond acceptors (Lipinski definition) is 3. The second kappa shape index (κ2) is 5.08. The van der Waals surface area contributed by atoms with Gasteiger partial charge in [0.2, 0.25) is 5.91 Å². The SMILES string of the molecule is CCOc1ccc(NC(=O)C2CC2)cc1OC. The lowest BCUT2D eigenvalue weighted by Crippen LogP contribution is -2.13. The number of nitrogens with one attached hydrogen (secondary N) is 1. The van der Waals surface area contributed by atoms with Crippen molar-refractivity contribution in [1.82, 2.24) is 0 Å². The Balaban J connectivity index is 2.09. The molecule has 4 nitrogen and oxygen atoms in total. The normalized spacial score (nSPS) is 14.2. The summed E-state index contributed by atoms with van der Waals surface area (Å²) in [5, 5.41) is 2.87. The standard InChI is InChI=1S/C13H17NO3/c1-3-17-11-7-6-10(8-12(11)16-2)14-13(15)9-4-5-9/h6-9H,3-5H2,1-2H3,(H,14,15). The molecule has 0 atom stereocenters. The molecule has 2 rings (SSSR count). The van der Waals surface area contributed by atoms with Crippen LogP contribution in [0.15, 0.2) is 18.2 Å². The lowest BCUT2D eigenvalue weighted by atomic mass is 10.2. The topological polar surface area (TPSA) is 47.6 Å². The summed E-state index contributed by atoms with van der Waals surface area (Å²) in [6.07, 6.45) is 2.00. The molecular weight excluding hydrogens is 218 g/mol. The number of methoxy groups -OCH3 is 1. The molecule has 0 aliphatic heterocycles. The summed E-state index contributed by atoms with van der Waals surface area (Å²) in [7, 11) is 1.59. The van der Waals surface area contributed by atoms with Crippen LogP contribution in [0, 0.1) is 5.92 Å². The van der Waals surface area contributed by atoms with Crippen LogP contribution in [0.4, 0.5) is 5.69 Å². The maximum absolute atomic E-state index is 11.6. The molecule has 4 heteroatoms. The molecule has 1 saturated carbocycles. The van der Waals surface area contributed by atoms with Gasteiger partial charge in [-0.3, -0.25) is 4.79 Å². The molecular formula is C13H17NO3. The van der Waals surface area contributed by atoms with Crippen molar-refractivity contribution in [3.63, 3.8) is 0 Å². The van der Waals surface area contributed by atoms with E-state index in [0.29, 0.717) is 18.1 Å². The van der Waals surface area contributed by atoms with E-state index in [1.165, 1.54) is 0 Å². The Kier molecular flexibility index (Phi) is 3.52. The molecule has 1 aromatic rings. The molecule has 1 aromatic carbocycles. The highest BCUT2D eigenvalue weighted by atomic mass is 16.5. The number of hydrogen-bond donors (Lipinski definition) is 1. The van der Waals surface area contributed by atoms with Gasteiger partial charge in [0.15, 0.2) is 11.5 Å². The third kappa shape index (κ3) is 2.90. The zero-order valence-corrected chi connectivity index (χ0v) is 10.2. The van der Waals surface area contributed by atoms with Gasteiger partial charge in [0.1, 0.15) is 0 Å². The van der Waals surface area contributed by atoms with Crippen molar-refractivity contribution in [3.8, 4) is 11.5 Å². The van der Waals surface area contributed by atoms with Crippen molar-refractivity contribution in [3.05, 3.63) is 18.2 Å². The highest BCUT2D eigenvalue weighted by Gasteiger charge is 2.29. The summed E-state index contributed by atoms with van der Waals surface area (Å²) >= 11 is 0. The third-order valence-electron chi connectivity index (χ3n) is 2.68. The lowest BCUT2D eigenvalue weighted by Gasteiger charge is -2.11. The molecule has 1 amide bonds. The molecule has 0 saturated heterocycles. The summed E-state index contributed by atoms with van der Waals surface area (Å²) in [5.74, 6) is 1.63. The average molecular weight is 235 g/mol. The Bertz CT molecular complexity index is 413. The minimum absolute atomic E-state index is 0.0937. The third-order valence-corrected chi connectivity index (χ3v) is 2.68. The molecule has 1 aliphatic rings. The summed E-state index contributed by atoms with van der Waals surface area (Å²) in [5.41, 5.74) is 0.752.